The summed E-state index contributed by atoms with van der Waals surface area (Å²) in [6.45, 7) is 7.66. The van der Waals surface area contributed by atoms with E-state index < -0.39 is 0 Å². The summed E-state index contributed by atoms with van der Waals surface area (Å²) in [7, 11) is 0. The highest BCUT2D eigenvalue weighted by Crippen LogP contribution is 2.33. The van der Waals surface area contributed by atoms with E-state index in [1.54, 1.807) is 6.33 Å². The molecule has 1 saturated heterocycles. The van der Waals surface area contributed by atoms with Crippen LogP contribution in [0.2, 0.25) is 0 Å². The van der Waals surface area contributed by atoms with Gasteiger partial charge in [0.25, 0.3) is 5.91 Å². The van der Waals surface area contributed by atoms with E-state index in [-0.39, 0.29) is 12.0 Å². The fraction of sp³-hybridized carbons (Fsp3) is 0.458. The summed E-state index contributed by atoms with van der Waals surface area (Å²) < 4.78 is 11.5. The summed E-state index contributed by atoms with van der Waals surface area (Å²) in [5.74, 6) is 1.62. The summed E-state index contributed by atoms with van der Waals surface area (Å²) in [5, 5.41) is 7.44. The summed E-state index contributed by atoms with van der Waals surface area (Å²) in [6, 6.07) is 8.10. The number of morpholine rings is 1. The van der Waals surface area contributed by atoms with Crippen molar-refractivity contribution in [2.45, 2.75) is 25.9 Å². The van der Waals surface area contributed by atoms with E-state index in [0.717, 1.165) is 79.6 Å². The Morgan fingerprint density at radius 2 is 2.09 bits per heavy atom. The molecular weight excluding hydrogens is 438 g/mol. The molecule has 2 aromatic heterocycles. The molecule has 2 aliphatic heterocycles. The number of aryl methyl sites for hydroxylation is 2. The molecule has 9 heteroatoms. The topological polar surface area (TPSA) is 88.6 Å². The van der Waals surface area contributed by atoms with Crippen LogP contribution in [0.15, 0.2) is 30.6 Å². The van der Waals surface area contributed by atoms with E-state index in [1.807, 2.05) is 25.1 Å². The standard InChI is InChI=1S/C24H29N5O3S/c1-16-20-22(25-8-9-29-10-12-31-13-11-29)27-15-28-24(20)33-21(16)23(30)26-14-18-7-6-17-4-2-3-5-19(17)32-18/h2-5,15,18H,6-14H2,1H3,(H,26,30)(H,25,27,28)/t18-/m1/s1. The van der Waals surface area contributed by atoms with Crippen LogP contribution in [0, 0.1) is 6.92 Å². The number of carbonyl (C=O) groups excluding carboxylic acids is 1. The number of aromatic nitrogens is 2. The maximum absolute atomic E-state index is 13.0. The minimum absolute atomic E-state index is 0.0178. The van der Waals surface area contributed by atoms with Crippen LogP contribution in [0.1, 0.15) is 27.2 Å². The Kier molecular flexibility index (Phi) is 6.70. The number of amides is 1. The molecule has 4 heterocycles. The van der Waals surface area contributed by atoms with Gasteiger partial charge >= 0.3 is 0 Å². The van der Waals surface area contributed by atoms with Gasteiger partial charge in [0.05, 0.1) is 30.0 Å². The second kappa shape index (κ2) is 10.0. The molecule has 0 saturated carbocycles. The largest absolute Gasteiger partial charge is 0.488 e. The van der Waals surface area contributed by atoms with E-state index in [4.69, 9.17) is 9.47 Å². The fourth-order valence-corrected chi connectivity index (χ4v) is 5.46. The summed E-state index contributed by atoms with van der Waals surface area (Å²) >= 11 is 1.41. The first-order chi connectivity index (χ1) is 16.2. The number of rotatable bonds is 7. The SMILES string of the molecule is Cc1c(C(=O)NC[C@H]2CCc3ccccc3O2)sc2ncnc(NCCN3CCOCC3)c12. The van der Waals surface area contributed by atoms with Crippen molar-refractivity contribution in [3.63, 3.8) is 0 Å². The highest BCUT2D eigenvalue weighted by atomic mass is 32.1. The average Bonchev–Trinajstić information content (AvgIpc) is 3.20. The molecule has 1 aromatic carbocycles. The lowest BCUT2D eigenvalue weighted by Gasteiger charge is -2.26. The molecule has 3 aromatic rings. The monoisotopic (exact) mass is 467 g/mol. The third-order valence-electron chi connectivity index (χ3n) is 6.25. The summed E-state index contributed by atoms with van der Waals surface area (Å²) in [4.78, 5) is 25.8. The van der Waals surface area contributed by atoms with Gasteiger partial charge in [0.1, 0.15) is 28.8 Å². The smallest absolute Gasteiger partial charge is 0.261 e. The predicted molar refractivity (Wildman–Crippen MR) is 129 cm³/mol. The molecule has 1 atom stereocenters. The Labute approximate surface area is 197 Å². The fourth-order valence-electron chi connectivity index (χ4n) is 4.39. The number of benzene rings is 1. The van der Waals surface area contributed by atoms with E-state index in [2.05, 4.69) is 31.6 Å². The number of nitrogens with one attached hydrogen (secondary N) is 2. The lowest BCUT2D eigenvalue weighted by atomic mass is 10.0. The van der Waals surface area contributed by atoms with Crippen molar-refractivity contribution in [2.75, 3.05) is 51.3 Å². The molecule has 2 aliphatic rings. The first kappa shape index (κ1) is 22.1. The third kappa shape index (κ3) is 4.95. The molecule has 8 nitrogen and oxygen atoms in total. The van der Waals surface area contributed by atoms with E-state index in [0.29, 0.717) is 11.4 Å². The van der Waals surface area contributed by atoms with Gasteiger partial charge in [0.2, 0.25) is 0 Å². The second-order valence-electron chi connectivity index (χ2n) is 8.44. The van der Waals surface area contributed by atoms with Crippen LogP contribution in [0.4, 0.5) is 5.82 Å². The van der Waals surface area contributed by atoms with Crippen LogP contribution in [0.25, 0.3) is 10.2 Å². The first-order valence-corrected chi connectivity index (χ1v) is 12.3. The molecular formula is C24H29N5O3S. The van der Waals surface area contributed by atoms with Crippen LogP contribution in [0.3, 0.4) is 0 Å². The van der Waals surface area contributed by atoms with Crippen LogP contribution < -0.4 is 15.4 Å². The molecule has 0 spiro atoms. The quantitative estimate of drug-likeness (QED) is 0.552. The molecule has 0 aliphatic carbocycles. The maximum atomic E-state index is 13.0. The highest BCUT2D eigenvalue weighted by molar-refractivity contribution is 7.20. The van der Waals surface area contributed by atoms with Gasteiger partial charge in [-0.2, -0.15) is 0 Å². The van der Waals surface area contributed by atoms with Crippen molar-refractivity contribution < 1.29 is 14.3 Å². The van der Waals surface area contributed by atoms with Crippen molar-refractivity contribution >= 4 is 33.3 Å². The molecule has 0 radical (unpaired) electrons. The Morgan fingerprint density at radius 1 is 1.24 bits per heavy atom. The summed E-state index contributed by atoms with van der Waals surface area (Å²) in [6.07, 6.45) is 3.40. The Hall–Kier alpha value is -2.75. The minimum Gasteiger partial charge on any atom is -0.488 e. The molecule has 1 amide bonds. The number of carbonyl (C=O) groups is 1. The summed E-state index contributed by atoms with van der Waals surface area (Å²) in [5.41, 5.74) is 2.14. The third-order valence-corrected chi connectivity index (χ3v) is 7.45. The minimum atomic E-state index is -0.0859. The molecule has 1 fully saturated rings. The van der Waals surface area contributed by atoms with Crippen LogP contribution >= 0.6 is 11.3 Å². The zero-order valence-corrected chi connectivity index (χ0v) is 19.6. The van der Waals surface area contributed by atoms with Crippen LogP contribution in [-0.4, -0.2) is 72.8 Å². The number of anilines is 1. The lowest BCUT2D eigenvalue weighted by molar-refractivity contribution is 0.0398. The van der Waals surface area contributed by atoms with Crippen molar-refractivity contribution in [1.82, 2.24) is 20.2 Å². The molecule has 0 bridgehead atoms. The van der Waals surface area contributed by atoms with Gasteiger partial charge in [0.15, 0.2) is 0 Å². The average molecular weight is 468 g/mol. The number of hydrogen-bond donors (Lipinski definition) is 2. The number of hydrogen-bond acceptors (Lipinski definition) is 8. The predicted octanol–water partition coefficient (Wildman–Crippen LogP) is 2.87. The van der Waals surface area contributed by atoms with Gasteiger partial charge in [0, 0.05) is 26.2 Å². The van der Waals surface area contributed by atoms with Crippen molar-refractivity contribution in [3.05, 3.63) is 46.6 Å². The van der Waals surface area contributed by atoms with E-state index in [1.165, 1.54) is 16.9 Å². The number of para-hydroxylation sites is 1. The van der Waals surface area contributed by atoms with E-state index >= 15 is 0 Å². The van der Waals surface area contributed by atoms with Gasteiger partial charge < -0.3 is 20.1 Å². The van der Waals surface area contributed by atoms with Gasteiger partial charge in [-0.25, -0.2) is 9.97 Å². The van der Waals surface area contributed by atoms with Gasteiger partial charge in [-0.15, -0.1) is 11.3 Å². The Bertz CT molecular complexity index is 1130. The first-order valence-electron chi connectivity index (χ1n) is 11.5. The highest BCUT2D eigenvalue weighted by Gasteiger charge is 2.23. The number of thiophene rings is 1. The number of nitrogens with zero attached hydrogens (tertiary/aromatic N) is 3. The molecule has 0 unspecified atom stereocenters. The number of fused-ring (bicyclic) bond motifs is 2. The normalized spacial score (nSPS) is 18.5. The van der Waals surface area contributed by atoms with Crippen molar-refractivity contribution in [2.24, 2.45) is 0 Å². The van der Waals surface area contributed by atoms with Gasteiger partial charge in [-0.3, -0.25) is 9.69 Å². The lowest BCUT2D eigenvalue weighted by Crippen LogP contribution is -2.39. The van der Waals surface area contributed by atoms with E-state index in [9.17, 15) is 4.79 Å². The number of ether oxygens (including phenoxy) is 2. The van der Waals surface area contributed by atoms with Crippen LogP contribution in [0.5, 0.6) is 5.75 Å². The second-order valence-corrected chi connectivity index (χ2v) is 9.43. The molecule has 5 rings (SSSR count). The molecule has 33 heavy (non-hydrogen) atoms. The van der Waals surface area contributed by atoms with Crippen molar-refractivity contribution in [1.29, 1.82) is 0 Å². The zero-order valence-electron chi connectivity index (χ0n) is 18.8. The van der Waals surface area contributed by atoms with Crippen molar-refractivity contribution in [3.8, 4) is 5.75 Å². The van der Waals surface area contributed by atoms with Gasteiger partial charge in [-0.1, -0.05) is 18.2 Å². The maximum Gasteiger partial charge on any atom is 0.261 e. The molecule has 174 valence electrons. The zero-order chi connectivity index (χ0) is 22.6. The molecule has 2 N–H and O–H groups in total. The Balaban J connectivity index is 1.22. The van der Waals surface area contributed by atoms with Crippen LogP contribution in [-0.2, 0) is 11.2 Å². The van der Waals surface area contributed by atoms with Gasteiger partial charge in [-0.05, 0) is 37.0 Å². The Morgan fingerprint density at radius 3 is 2.97 bits per heavy atom.